The Balaban J connectivity index is 2.38. The predicted octanol–water partition coefficient (Wildman–Crippen LogP) is 2.89. The molecule has 0 atom stereocenters. The van der Waals surface area contributed by atoms with Gasteiger partial charge in [-0.15, -0.1) is 0 Å². The number of benzene rings is 2. The van der Waals surface area contributed by atoms with Crippen molar-refractivity contribution in [2.45, 2.75) is 6.42 Å². The molecule has 2 aromatic rings. The Hall–Kier alpha value is -1.68. The van der Waals surface area contributed by atoms with Crippen molar-refractivity contribution < 1.29 is 14.3 Å². The van der Waals surface area contributed by atoms with Gasteiger partial charge < -0.3 is 4.74 Å². The van der Waals surface area contributed by atoms with Crippen molar-refractivity contribution in [3.8, 4) is 0 Å². The largest absolute Gasteiger partial charge is 0.463 e. The van der Waals surface area contributed by atoms with Crippen LogP contribution in [-0.4, -0.2) is 18.9 Å². The Kier molecular flexibility index (Phi) is 3.77. The highest BCUT2D eigenvalue weighted by Gasteiger charge is 2.16. The zero-order chi connectivity index (χ0) is 13.1. The highest BCUT2D eigenvalue weighted by atomic mass is 79.9. The van der Waals surface area contributed by atoms with E-state index in [1.165, 1.54) is 7.11 Å². The van der Waals surface area contributed by atoms with Crippen LogP contribution < -0.4 is 0 Å². The molecule has 2 aromatic carbocycles. The summed E-state index contributed by atoms with van der Waals surface area (Å²) in [5.74, 6) is -1.36. The first kappa shape index (κ1) is 12.8. The maximum Gasteiger partial charge on any atom is 0.374 e. The molecule has 18 heavy (non-hydrogen) atoms. The zero-order valence-corrected chi connectivity index (χ0v) is 11.4. The molecule has 0 radical (unpaired) electrons. The summed E-state index contributed by atoms with van der Waals surface area (Å²) in [6.07, 6.45) is 0.0398. The second-order valence-corrected chi connectivity index (χ2v) is 4.64. The van der Waals surface area contributed by atoms with Gasteiger partial charge in [-0.05, 0) is 32.3 Å². The van der Waals surface area contributed by atoms with Gasteiger partial charge in [0.2, 0.25) is 5.78 Å². The molecule has 0 aliphatic rings. The fourth-order valence-corrected chi connectivity index (χ4v) is 2.41. The van der Waals surface area contributed by atoms with E-state index in [0.29, 0.717) is 0 Å². The monoisotopic (exact) mass is 306 g/mol. The summed E-state index contributed by atoms with van der Waals surface area (Å²) >= 11 is 3.48. The number of esters is 1. The molecule has 0 N–H and O–H groups in total. The van der Waals surface area contributed by atoms with Gasteiger partial charge >= 0.3 is 5.97 Å². The number of hydrogen-bond donors (Lipinski definition) is 0. The average Bonchev–Trinajstić information content (AvgIpc) is 2.41. The lowest BCUT2D eigenvalue weighted by atomic mass is 10.0. The van der Waals surface area contributed by atoms with E-state index in [-0.39, 0.29) is 6.42 Å². The molecule has 0 aromatic heterocycles. The van der Waals surface area contributed by atoms with E-state index in [1.54, 1.807) is 0 Å². The number of rotatable bonds is 3. The summed E-state index contributed by atoms with van der Waals surface area (Å²) in [4.78, 5) is 22.6. The van der Waals surface area contributed by atoms with Crippen molar-refractivity contribution in [2.75, 3.05) is 7.11 Å². The van der Waals surface area contributed by atoms with Crippen LogP contribution in [0.1, 0.15) is 5.56 Å². The van der Waals surface area contributed by atoms with Gasteiger partial charge in [-0.25, -0.2) is 4.79 Å². The molecule has 0 aliphatic carbocycles. The third-order valence-electron chi connectivity index (χ3n) is 2.71. The SMILES string of the molecule is COC(=O)C(=O)Cc1ccc2ccccc2c1Br. The van der Waals surface area contributed by atoms with E-state index >= 15 is 0 Å². The second-order valence-electron chi connectivity index (χ2n) is 3.85. The molecule has 3 nitrogen and oxygen atoms in total. The number of carbonyl (C=O) groups excluding carboxylic acids is 2. The fourth-order valence-electron chi connectivity index (χ4n) is 1.77. The molecule has 0 spiro atoms. The molecule has 0 heterocycles. The van der Waals surface area contributed by atoms with Gasteiger partial charge in [0.25, 0.3) is 0 Å². The normalized spacial score (nSPS) is 10.3. The molecule has 0 saturated heterocycles. The Labute approximate surface area is 113 Å². The Morgan fingerprint density at radius 2 is 1.89 bits per heavy atom. The summed E-state index contributed by atoms with van der Waals surface area (Å²) in [7, 11) is 1.20. The minimum absolute atomic E-state index is 0.0398. The van der Waals surface area contributed by atoms with Crippen LogP contribution in [0.15, 0.2) is 40.9 Å². The van der Waals surface area contributed by atoms with E-state index in [1.807, 2.05) is 36.4 Å². The maximum atomic E-state index is 11.5. The quantitative estimate of drug-likeness (QED) is 0.647. The van der Waals surface area contributed by atoms with Gasteiger partial charge in [0.15, 0.2) is 0 Å². The minimum Gasteiger partial charge on any atom is -0.463 e. The first-order valence-corrected chi connectivity index (χ1v) is 6.20. The van der Waals surface area contributed by atoms with Crippen molar-refractivity contribution in [1.82, 2.24) is 0 Å². The lowest BCUT2D eigenvalue weighted by Gasteiger charge is -2.06. The zero-order valence-electron chi connectivity index (χ0n) is 9.77. The topological polar surface area (TPSA) is 43.4 Å². The number of Topliss-reactive ketones (excluding diaryl/α,β-unsaturated/α-hetero) is 1. The van der Waals surface area contributed by atoms with Gasteiger partial charge in [0.1, 0.15) is 0 Å². The van der Waals surface area contributed by atoms with E-state index in [9.17, 15) is 9.59 Å². The molecule has 2 rings (SSSR count). The van der Waals surface area contributed by atoms with Crippen molar-refractivity contribution in [2.24, 2.45) is 0 Å². The third kappa shape index (κ3) is 2.43. The van der Waals surface area contributed by atoms with Crippen LogP contribution in [0.25, 0.3) is 10.8 Å². The molecule has 0 aliphatic heterocycles. The van der Waals surface area contributed by atoms with E-state index in [4.69, 9.17) is 0 Å². The molecule has 0 unspecified atom stereocenters. The van der Waals surface area contributed by atoms with Gasteiger partial charge in [-0.3, -0.25) is 4.79 Å². The van der Waals surface area contributed by atoms with Gasteiger partial charge in [0.05, 0.1) is 7.11 Å². The number of hydrogen-bond acceptors (Lipinski definition) is 3. The van der Waals surface area contributed by atoms with E-state index in [0.717, 1.165) is 20.8 Å². The van der Waals surface area contributed by atoms with Crippen molar-refractivity contribution >= 4 is 38.5 Å². The van der Waals surface area contributed by atoms with E-state index < -0.39 is 11.8 Å². The van der Waals surface area contributed by atoms with Crippen LogP contribution in [0, 0.1) is 0 Å². The molecule has 4 heteroatoms. The standard InChI is InChI=1S/C14H11BrO3/c1-18-14(17)12(16)8-10-7-6-9-4-2-3-5-11(9)13(10)15/h2-7H,8H2,1H3. The molecule has 92 valence electrons. The number of carbonyl (C=O) groups is 2. The van der Waals surface area contributed by atoms with Gasteiger partial charge in [-0.2, -0.15) is 0 Å². The first-order valence-electron chi connectivity index (χ1n) is 5.40. The van der Waals surface area contributed by atoms with Crippen molar-refractivity contribution in [1.29, 1.82) is 0 Å². The highest BCUT2D eigenvalue weighted by molar-refractivity contribution is 9.10. The van der Waals surface area contributed by atoms with Gasteiger partial charge in [-0.1, -0.05) is 36.4 Å². The molecular formula is C14H11BrO3. The average molecular weight is 307 g/mol. The summed E-state index contributed by atoms with van der Waals surface area (Å²) in [5, 5.41) is 2.10. The summed E-state index contributed by atoms with van der Waals surface area (Å²) in [5.41, 5.74) is 0.782. The molecular weight excluding hydrogens is 296 g/mol. The van der Waals surface area contributed by atoms with Crippen LogP contribution in [0.4, 0.5) is 0 Å². The summed E-state index contributed by atoms with van der Waals surface area (Å²) in [6, 6.07) is 11.6. The minimum atomic E-state index is -0.810. The van der Waals surface area contributed by atoms with Crippen LogP contribution in [0.5, 0.6) is 0 Å². The Morgan fingerprint density at radius 3 is 2.61 bits per heavy atom. The predicted molar refractivity (Wildman–Crippen MR) is 72.4 cm³/mol. The lowest BCUT2D eigenvalue weighted by molar-refractivity contribution is -0.151. The molecule has 0 fully saturated rings. The van der Waals surface area contributed by atoms with Crippen LogP contribution in [-0.2, 0) is 20.7 Å². The molecule has 0 bridgehead atoms. The fraction of sp³-hybridized carbons (Fsp3) is 0.143. The number of methoxy groups -OCH3 is 1. The van der Waals surface area contributed by atoms with Crippen LogP contribution >= 0.6 is 15.9 Å². The second kappa shape index (κ2) is 5.31. The number of fused-ring (bicyclic) bond motifs is 1. The van der Waals surface area contributed by atoms with Crippen LogP contribution in [0.2, 0.25) is 0 Å². The number of halogens is 1. The summed E-state index contributed by atoms with van der Waals surface area (Å²) in [6.45, 7) is 0. The Bertz CT molecular complexity index is 619. The van der Waals surface area contributed by atoms with Crippen molar-refractivity contribution in [3.63, 3.8) is 0 Å². The highest BCUT2D eigenvalue weighted by Crippen LogP contribution is 2.28. The number of ketones is 1. The molecule has 0 amide bonds. The van der Waals surface area contributed by atoms with Crippen molar-refractivity contribution in [3.05, 3.63) is 46.4 Å². The first-order chi connectivity index (χ1) is 8.63. The molecule has 0 saturated carbocycles. The van der Waals surface area contributed by atoms with Gasteiger partial charge in [0, 0.05) is 10.9 Å². The third-order valence-corrected chi connectivity index (χ3v) is 3.64. The maximum absolute atomic E-state index is 11.5. The van der Waals surface area contributed by atoms with Crippen LogP contribution in [0.3, 0.4) is 0 Å². The lowest BCUT2D eigenvalue weighted by Crippen LogP contribution is -2.17. The smallest absolute Gasteiger partial charge is 0.374 e. The van der Waals surface area contributed by atoms with E-state index in [2.05, 4.69) is 20.7 Å². The number of ether oxygens (including phenoxy) is 1. The Morgan fingerprint density at radius 1 is 1.17 bits per heavy atom. The summed E-state index contributed by atoms with van der Waals surface area (Å²) < 4.78 is 5.25.